The van der Waals surface area contributed by atoms with Crippen LogP contribution in [-0.2, 0) is 16.1 Å². The van der Waals surface area contributed by atoms with Crippen molar-refractivity contribution < 1.29 is 60.1 Å². The van der Waals surface area contributed by atoms with Crippen molar-refractivity contribution in [3.05, 3.63) is 95.1 Å². The summed E-state index contributed by atoms with van der Waals surface area (Å²) in [7, 11) is 1.59. The number of aromatic nitrogens is 1. The number of rotatable bonds is 5. The third-order valence-corrected chi connectivity index (χ3v) is 6.96. The Bertz CT molecular complexity index is 1480. The molecule has 1 aliphatic heterocycles. The number of pyridine rings is 1. The smallest absolute Gasteiger partial charge is 0.490 e. The molecule has 1 aliphatic carbocycles. The Kier molecular flexibility index (Phi) is 11.1. The Morgan fingerprint density at radius 1 is 0.911 bits per heavy atom. The first kappa shape index (κ1) is 34.8. The summed E-state index contributed by atoms with van der Waals surface area (Å²) in [5.41, 5.74) is 3.70. The number of fused-ring (bicyclic) bond motifs is 3. The summed E-state index contributed by atoms with van der Waals surface area (Å²) >= 11 is 0. The maximum absolute atomic E-state index is 14.4. The second kappa shape index (κ2) is 14.4. The van der Waals surface area contributed by atoms with Crippen molar-refractivity contribution in [1.82, 2.24) is 15.2 Å². The van der Waals surface area contributed by atoms with Crippen LogP contribution in [0, 0.1) is 11.7 Å². The van der Waals surface area contributed by atoms with Crippen LogP contribution in [0.25, 0.3) is 0 Å². The molecule has 1 saturated heterocycles. The maximum atomic E-state index is 14.4. The number of alkyl halides is 6. The van der Waals surface area contributed by atoms with Gasteiger partial charge in [0.25, 0.3) is 5.91 Å². The van der Waals surface area contributed by atoms with Crippen LogP contribution >= 0.6 is 0 Å². The van der Waals surface area contributed by atoms with Crippen molar-refractivity contribution >= 4 is 17.8 Å². The molecule has 3 atom stereocenters. The van der Waals surface area contributed by atoms with Gasteiger partial charge in [-0.2, -0.15) is 26.3 Å². The monoisotopic (exact) mass is 645 g/mol. The van der Waals surface area contributed by atoms with E-state index in [1.807, 2.05) is 12.1 Å². The van der Waals surface area contributed by atoms with Gasteiger partial charge >= 0.3 is 24.3 Å². The molecule has 0 unspecified atom stereocenters. The normalized spacial score (nSPS) is 18.7. The van der Waals surface area contributed by atoms with Crippen LogP contribution in [0.3, 0.4) is 0 Å². The van der Waals surface area contributed by atoms with Crippen molar-refractivity contribution in [3.8, 4) is 5.75 Å². The number of hydrogen-bond donors (Lipinski definition) is 3. The minimum absolute atomic E-state index is 0.0676. The zero-order chi connectivity index (χ0) is 33.5. The van der Waals surface area contributed by atoms with E-state index in [1.165, 1.54) is 17.2 Å². The van der Waals surface area contributed by atoms with Gasteiger partial charge in [-0.25, -0.2) is 14.0 Å². The van der Waals surface area contributed by atoms with Crippen LogP contribution in [0.5, 0.6) is 5.75 Å². The molecule has 1 amide bonds. The molecule has 2 heterocycles. The minimum atomic E-state index is -5.08. The van der Waals surface area contributed by atoms with E-state index in [2.05, 4.69) is 27.3 Å². The lowest BCUT2D eigenvalue weighted by Crippen LogP contribution is -2.33. The molecule has 2 aliphatic rings. The van der Waals surface area contributed by atoms with Gasteiger partial charge in [-0.05, 0) is 41.5 Å². The number of nitrogens with one attached hydrogen (secondary N) is 1. The van der Waals surface area contributed by atoms with Gasteiger partial charge in [0.1, 0.15) is 11.6 Å². The van der Waals surface area contributed by atoms with E-state index >= 15 is 0 Å². The Morgan fingerprint density at radius 2 is 1.47 bits per heavy atom. The highest BCUT2D eigenvalue weighted by molar-refractivity contribution is 5.94. The molecular formula is C29H26F7N3O6. The first-order chi connectivity index (χ1) is 21.0. The largest absolute Gasteiger partial charge is 0.497 e. The predicted octanol–water partition coefficient (Wildman–Crippen LogP) is 5.20. The number of ether oxygens (including phenoxy) is 1. The standard InChI is InChI=1S/C25H24FN3O2.2C2HF3O2/c1-31-18-6-7-23(26)17(12-18)13-29-14-21-19-4-2-3-5-20(19)24(22(21)15-29)28-25(30)16-8-10-27-11-9-16;2*3-2(4,5)1(6)7/h2-12,21-22,24H,13-15H2,1H3,(H,28,30);2*(H,6,7)/t21-,22-,24+;;/m0../s1. The highest BCUT2D eigenvalue weighted by Gasteiger charge is 2.46. The van der Waals surface area contributed by atoms with Crippen LogP contribution in [0.1, 0.15) is 39.0 Å². The van der Waals surface area contributed by atoms with Crippen LogP contribution in [-0.4, -0.2) is 70.5 Å². The van der Waals surface area contributed by atoms with E-state index in [0.717, 1.165) is 13.1 Å². The van der Waals surface area contributed by atoms with E-state index < -0.39 is 24.3 Å². The van der Waals surface area contributed by atoms with E-state index in [1.54, 1.807) is 43.8 Å². The van der Waals surface area contributed by atoms with Gasteiger partial charge < -0.3 is 20.3 Å². The zero-order valence-electron chi connectivity index (χ0n) is 23.3. The van der Waals surface area contributed by atoms with Crippen molar-refractivity contribution in [3.63, 3.8) is 0 Å². The van der Waals surface area contributed by atoms with Crippen molar-refractivity contribution in [1.29, 1.82) is 0 Å². The quantitative estimate of drug-likeness (QED) is 0.324. The average Bonchev–Trinajstić information content (AvgIpc) is 3.51. The Hall–Kier alpha value is -4.73. The van der Waals surface area contributed by atoms with Crippen LogP contribution < -0.4 is 10.1 Å². The van der Waals surface area contributed by atoms with Gasteiger partial charge in [-0.1, -0.05) is 24.3 Å². The Balaban J connectivity index is 0.000000331. The molecule has 3 N–H and O–H groups in total. The molecule has 9 nitrogen and oxygen atoms in total. The third-order valence-electron chi connectivity index (χ3n) is 6.96. The number of methoxy groups -OCH3 is 1. The molecule has 16 heteroatoms. The molecule has 1 fully saturated rings. The molecule has 45 heavy (non-hydrogen) atoms. The van der Waals surface area contributed by atoms with Gasteiger partial charge in [0.05, 0.1) is 13.2 Å². The number of carbonyl (C=O) groups is 3. The molecule has 1 aromatic heterocycles. The van der Waals surface area contributed by atoms with E-state index in [4.69, 9.17) is 24.5 Å². The number of carboxylic acid groups (broad SMARTS) is 2. The van der Waals surface area contributed by atoms with Crippen LogP contribution in [0.4, 0.5) is 30.7 Å². The van der Waals surface area contributed by atoms with Gasteiger partial charge in [0.2, 0.25) is 0 Å². The fourth-order valence-corrected chi connectivity index (χ4v) is 5.02. The number of aliphatic carboxylic acids is 2. The third kappa shape index (κ3) is 9.14. The van der Waals surface area contributed by atoms with E-state index in [-0.39, 0.29) is 23.7 Å². The summed E-state index contributed by atoms with van der Waals surface area (Å²) in [6, 6.07) is 16.6. The van der Waals surface area contributed by atoms with E-state index in [9.17, 15) is 35.5 Å². The number of carboxylic acids is 2. The maximum Gasteiger partial charge on any atom is 0.490 e. The number of amides is 1. The first-order valence-electron chi connectivity index (χ1n) is 13.0. The summed E-state index contributed by atoms with van der Waals surface area (Å²) in [4.78, 5) is 36.9. The molecule has 0 bridgehead atoms. The number of halogens is 7. The lowest BCUT2D eigenvalue weighted by Gasteiger charge is -2.23. The number of hydrogen-bond acceptors (Lipinski definition) is 6. The Labute approximate surface area is 251 Å². The lowest BCUT2D eigenvalue weighted by atomic mass is 9.94. The predicted molar refractivity (Wildman–Crippen MR) is 143 cm³/mol. The molecule has 5 rings (SSSR count). The zero-order valence-corrected chi connectivity index (χ0v) is 23.3. The van der Waals surface area contributed by atoms with Gasteiger partial charge in [0, 0.05) is 55.0 Å². The number of carbonyl (C=O) groups excluding carboxylic acids is 1. The molecule has 0 radical (unpaired) electrons. The molecule has 2 aromatic carbocycles. The fourth-order valence-electron chi connectivity index (χ4n) is 5.02. The van der Waals surface area contributed by atoms with Crippen molar-refractivity contribution in [2.75, 3.05) is 20.2 Å². The summed E-state index contributed by atoms with van der Waals surface area (Å²) < 4.78 is 83.1. The first-order valence-corrected chi connectivity index (χ1v) is 13.0. The Morgan fingerprint density at radius 3 is 2.00 bits per heavy atom. The van der Waals surface area contributed by atoms with E-state index in [0.29, 0.717) is 29.3 Å². The summed E-state index contributed by atoms with van der Waals surface area (Å²) in [5.74, 6) is -4.62. The lowest BCUT2D eigenvalue weighted by molar-refractivity contribution is -0.193. The highest BCUT2D eigenvalue weighted by Crippen LogP contribution is 2.49. The molecule has 242 valence electrons. The SMILES string of the molecule is COc1ccc(F)c(CN2C[C@@H]3[C@H](NC(=O)c4ccncc4)c4ccccc4[C@@H]3C2)c1.O=C(O)C(F)(F)F.O=C(O)C(F)(F)F. The van der Waals surface area contributed by atoms with Gasteiger partial charge in [-0.3, -0.25) is 14.7 Å². The molecule has 0 saturated carbocycles. The second-order valence-corrected chi connectivity index (χ2v) is 9.84. The number of likely N-dealkylation sites (tertiary alicyclic amines) is 1. The molecule has 3 aromatic rings. The number of nitrogens with zero attached hydrogens (tertiary/aromatic N) is 2. The topological polar surface area (TPSA) is 129 Å². The number of benzene rings is 2. The van der Waals surface area contributed by atoms with Crippen molar-refractivity contribution in [2.45, 2.75) is 30.9 Å². The molecular weight excluding hydrogens is 619 g/mol. The second-order valence-electron chi connectivity index (χ2n) is 9.84. The summed E-state index contributed by atoms with van der Waals surface area (Å²) in [6.07, 6.45) is -6.92. The van der Waals surface area contributed by atoms with Crippen LogP contribution in [0.2, 0.25) is 0 Å². The molecule has 0 spiro atoms. The average molecular weight is 646 g/mol. The summed E-state index contributed by atoms with van der Waals surface area (Å²) in [5, 5.41) is 17.5. The summed E-state index contributed by atoms with van der Waals surface area (Å²) in [6.45, 7) is 2.14. The highest BCUT2D eigenvalue weighted by atomic mass is 19.4. The van der Waals surface area contributed by atoms with Crippen LogP contribution in [0.15, 0.2) is 67.0 Å². The fraction of sp³-hybridized carbons (Fsp3) is 0.310. The van der Waals surface area contributed by atoms with Gasteiger partial charge in [-0.15, -0.1) is 0 Å². The minimum Gasteiger partial charge on any atom is -0.497 e. The van der Waals surface area contributed by atoms with Crippen molar-refractivity contribution in [2.24, 2.45) is 5.92 Å². The van der Waals surface area contributed by atoms with Gasteiger partial charge in [0.15, 0.2) is 0 Å².